The second-order valence-electron chi connectivity index (χ2n) is 7.22. The van der Waals surface area contributed by atoms with E-state index in [1.807, 2.05) is 11.0 Å². The molecule has 0 spiro atoms. The van der Waals surface area contributed by atoms with Crippen LogP contribution in [0.3, 0.4) is 0 Å². The molecule has 3 aromatic rings. The van der Waals surface area contributed by atoms with Crippen molar-refractivity contribution in [1.82, 2.24) is 24.6 Å². The molecule has 1 aliphatic heterocycles. The first-order valence-corrected chi connectivity index (χ1v) is 8.90. The summed E-state index contributed by atoms with van der Waals surface area (Å²) < 4.78 is 1.96. The number of H-pyrrole nitrogens is 1. The van der Waals surface area contributed by atoms with Crippen molar-refractivity contribution in [1.29, 1.82) is 0 Å². The summed E-state index contributed by atoms with van der Waals surface area (Å²) in [6.07, 6.45) is 5.66. The molecule has 0 radical (unpaired) electrons. The van der Waals surface area contributed by atoms with Gasteiger partial charge in [0.05, 0.1) is 0 Å². The Labute approximate surface area is 145 Å². The van der Waals surface area contributed by atoms with E-state index in [2.05, 4.69) is 45.2 Å². The smallest absolute Gasteiger partial charge is 0.137 e. The first-order valence-electron chi connectivity index (χ1n) is 8.52. The van der Waals surface area contributed by atoms with Crippen LogP contribution in [-0.4, -0.2) is 44.3 Å². The molecule has 0 saturated carbocycles. The van der Waals surface area contributed by atoms with Gasteiger partial charge in [-0.15, -0.1) is 0 Å². The minimum atomic E-state index is 0.531. The van der Waals surface area contributed by atoms with Crippen LogP contribution in [0.25, 0.3) is 10.9 Å². The molecular formula is C18H20ClN5. The summed E-state index contributed by atoms with van der Waals surface area (Å²) in [4.78, 5) is 9.94. The number of nitrogens with one attached hydrogen (secondary N) is 1. The fourth-order valence-corrected chi connectivity index (χ4v) is 5.09. The van der Waals surface area contributed by atoms with Crippen LogP contribution in [0, 0.1) is 5.92 Å². The molecule has 6 heteroatoms. The molecule has 1 saturated heterocycles. The van der Waals surface area contributed by atoms with Crippen molar-refractivity contribution in [3.05, 3.63) is 47.1 Å². The van der Waals surface area contributed by atoms with E-state index in [1.165, 1.54) is 28.5 Å². The maximum absolute atomic E-state index is 6.48. The lowest BCUT2D eigenvalue weighted by Crippen LogP contribution is -2.48. The van der Waals surface area contributed by atoms with Gasteiger partial charge in [-0.25, -0.2) is 4.98 Å². The molecular weight excluding hydrogens is 322 g/mol. The number of halogens is 1. The molecule has 2 aromatic heterocycles. The molecule has 5 nitrogen and oxygen atoms in total. The Balaban J connectivity index is 1.54. The predicted molar refractivity (Wildman–Crippen MR) is 94.3 cm³/mol. The van der Waals surface area contributed by atoms with Gasteiger partial charge >= 0.3 is 0 Å². The Kier molecular flexibility index (Phi) is 3.22. The van der Waals surface area contributed by atoms with Gasteiger partial charge in [0.1, 0.15) is 17.8 Å². The number of likely N-dealkylation sites (tertiary alicyclic amines) is 1. The molecule has 1 aromatic carbocycles. The zero-order valence-corrected chi connectivity index (χ0v) is 14.4. The van der Waals surface area contributed by atoms with Crippen LogP contribution in [0.5, 0.6) is 0 Å². The summed E-state index contributed by atoms with van der Waals surface area (Å²) >= 11 is 6.48. The average molecular weight is 342 g/mol. The number of piperidine rings is 1. The Morgan fingerprint density at radius 1 is 1.38 bits per heavy atom. The van der Waals surface area contributed by atoms with Crippen molar-refractivity contribution < 1.29 is 0 Å². The number of rotatable bonds is 2. The maximum Gasteiger partial charge on any atom is 0.137 e. The van der Waals surface area contributed by atoms with Crippen LogP contribution in [0.4, 0.5) is 0 Å². The zero-order chi connectivity index (χ0) is 16.3. The van der Waals surface area contributed by atoms with E-state index in [-0.39, 0.29) is 0 Å². The number of benzene rings is 1. The number of aromatic nitrogens is 4. The van der Waals surface area contributed by atoms with Crippen molar-refractivity contribution in [2.24, 2.45) is 5.92 Å². The summed E-state index contributed by atoms with van der Waals surface area (Å²) in [5.41, 5.74) is 3.93. The number of aromatic amines is 1. The average Bonchev–Trinajstić information content (AvgIpc) is 3.18. The van der Waals surface area contributed by atoms with Gasteiger partial charge in [0.15, 0.2) is 0 Å². The fourth-order valence-electron chi connectivity index (χ4n) is 4.82. The lowest BCUT2D eigenvalue weighted by atomic mass is 9.72. The molecule has 5 rings (SSSR count). The second kappa shape index (κ2) is 5.33. The van der Waals surface area contributed by atoms with E-state index in [0.29, 0.717) is 17.9 Å². The molecule has 1 unspecified atom stereocenters. The van der Waals surface area contributed by atoms with E-state index >= 15 is 0 Å². The fraction of sp³-hybridized carbons (Fsp3) is 0.444. The highest BCUT2D eigenvalue weighted by Crippen LogP contribution is 2.46. The maximum atomic E-state index is 6.48. The Morgan fingerprint density at radius 3 is 3.12 bits per heavy atom. The number of fused-ring (bicyclic) bond motifs is 2. The SMILES string of the molecule is CN1C[C@@H](Cn2cncn2)CC2c3cccc4[nH]c(Cl)c(c34)C[C@H]21. The van der Waals surface area contributed by atoms with Crippen LogP contribution in [0.2, 0.25) is 5.15 Å². The number of hydrogen-bond acceptors (Lipinski definition) is 3. The van der Waals surface area contributed by atoms with Crippen molar-refractivity contribution in [3.8, 4) is 0 Å². The summed E-state index contributed by atoms with van der Waals surface area (Å²) in [5.74, 6) is 1.14. The molecule has 0 amide bonds. The highest BCUT2D eigenvalue weighted by atomic mass is 35.5. The van der Waals surface area contributed by atoms with Gasteiger partial charge in [0.25, 0.3) is 0 Å². The van der Waals surface area contributed by atoms with E-state index in [1.54, 1.807) is 6.33 Å². The zero-order valence-electron chi connectivity index (χ0n) is 13.6. The topological polar surface area (TPSA) is 49.7 Å². The minimum absolute atomic E-state index is 0.531. The monoisotopic (exact) mass is 341 g/mol. The van der Waals surface area contributed by atoms with Crippen LogP contribution in [0.1, 0.15) is 23.5 Å². The molecule has 1 aliphatic carbocycles. The summed E-state index contributed by atoms with van der Waals surface area (Å²) in [6.45, 7) is 2.03. The standard InChI is InChI=1S/C18H20ClN5/c1-23-7-11(8-24-10-20-9-21-24)5-13-12-3-2-4-15-17(12)14(6-16(13)23)18(19)22-15/h2-4,9-11,13,16,22H,5-8H2,1H3/t11-,13?,16+/m0/s1. The van der Waals surface area contributed by atoms with Crippen LogP contribution in [-0.2, 0) is 13.0 Å². The molecule has 2 aliphatic rings. The summed E-state index contributed by atoms with van der Waals surface area (Å²) in [5, 5.41) is 6.46. The van der Waals surface area contributed by atoms with Crippen molar-refractivity contribution in [2.45, 2.75) is 31.3 Å². The first kappa shape index (κ1) is 14.5. The van der Waals surface area contributed by atoms with Crippen molar-refractivity contribution >= 4 is 22.5 Å². The molecule has 124 valence electrons. The van der Waals surface area contributed by atoms with Gasteiger partial charge in [-0.3, -0.25) is 4.68 Å². The van der Waals surface area contributed by atoms with Gasteiger partial charge in [-0.1, -0.05) is 23.7 Å². The second-order valence-corrected chi connectivity index (χ2v) is 7.60. The molecule has 3 atom stereocenters. The Morgan fingerprint density at radius 2 is 2.29 bits per heavy atom. The summed E-state index contributed by atoms with van der Waals surface area (Å²) in [7, 11) is 2.25. The predicted octanol–water partition coefficient (Wildman–Crippen LogP) is 3.07. The molecule has 24 heavy (non-hydrogen) atoms. The molecule has 1 fully saturated rings. The quantitative estimate of drug-likeness (QED) is 0.779. The van der Waals surface area contributed by atoms with Gasteiger partial charge in [0, 0.05) is 36.0 Å². The highest BCUT2D eigenvalue weighted by molar-refractivity contribution is 6.32. The lowest BCUT2D eigenvalue weighted by molar-refractivity contribution is 0.102. The first-order chi connectivity index (χ1) is 11.7. The van der Waals surface area contributed by atoms with Crippen LogP contribution < -0.4 is 0 Å². The molecule has 0 bridgehead atoms. The van der Waals surface area contributed by atoms with Crippen molar-refractivity contribution in [3.63, 3.8) is 0 Å². The molecule has 3 heterocycles. The lowest BCUT2D eigenvalue weighted by Gasteiger charge is -2.45. The third-order valence-corrected chi connectivity index (χ3v) is 6.12. The number of hydrogen-bond donors (Lipinski definition) is 1. The van der Waals surface area contributed by atoms with Crippen molar-refractivity contribution in [2.75, 3.05) is 13.6 Å². The summed E-state index contributed by atoms with van der Waals surface area (Å²) in [6, 6.07) is 7.10. The van der Waals surface area contributed by atoms with Gasteiger partial charge in [0.2, 0.25) is 0 Å². The normalized spacial score (nSPS) is 26.7. The number of likely N-dealkylation sites (N-methyl/N-ethyl adjacent to an activating group) is 1. The van der Waals surface area contributed by atoms with Gasteiger partial charge in [-0.05, 0) is 43.0 Å². The van der Waals surface area contributed by atoms with Crippen LogP contribution >= 0.6 is 11.6 Å². The minimum Gasteiger partial charge on any atom is -0.345 e. The Bertz CT molecular complexity index is 884. The van der Waals surface area contributed by atoms with E-state index < -0.39 is 0 Å². The van der Waals surface area contributed by atoms with Gasteiger partial charge in [-0.2, -0.15) is 5.10 Å². The largest absolute Gasteiger partial charge is 0.345 e. The van der Waals surface area contributed by atoms with E-state index in [4.69, 9.17) is 11.6 Å². The Hall–Kier alpha value is -1.85. The van der Waals surface area contributed by atoms with Gasteiger partial charge < -0.3 is 9.88 Å². The molecule has 1 N–H and O–H groups in total. The van der Waals surface area contributed by atoms with Crippen LogP contribution in [0.15, 0.2) is 30.9 Å². The third-order valence-electron chi connectivity index (χ3n) is 5.80. The number of nitrogens with zero attached hydrogens (tertiary/aromatic N) is 4. The van der Waals surface area contributed by atoms with E-state index in [0.717, 1.165) is 24.7 Å². The van der Waals surface area contributed by atoms with E-state index in [9.17, 15) is 0 Å². The third kappa shape index (κ3) is 2.11. The highest BCUT2D eigenvalue weighted by Gasteiger charge is 2.40.